The molecule has 1 amide bonds. The van der Waals surface area contributed by atoms with E-state index in [9.17, 15) is 4.79 Å². The Hall–Kier alpha value is -2.85. The molecule has 24 heavy (non-hydrogen) atoms. The molecule has 3 aromatic rings. The third-order valence-corrected chi connectivity index (χ3v) is 4.28. The number of rotatable bonds is 2. The topological polar surface area (TPSA) is 45.2 Å². The maximum absolute atomic E-state index is 13.1. The molecule has 0 unspecified atom stereocenters. The van der Waals surface area contributed by atoms with Crippen LogP contribution in [0.25, 0.3) is 0 Å². The van der Waals surface area contributed by atoms with Crippen molar-refractivity contribution in [3.05, 3.63) is 89.2 Å². The molecular formula is C19H14ClN3O. The summed E-state index contributed by atoms with van der Waals surface area (Å²) < 4.78 is 0. The standard InChI is InChI=1S/C19H14ClN3O/c20-14-7-9-15(10-8-14)23-18(13-4-3-11-21-12-13)22-17-6-2-1-5-16(17)19(23)24/h1-12,18,22H/t18-/m1/s1. The number of nitrogens with one attached hydrogen (secondary N) is 1. The van der Waals surface area contributed by atoms with Gasteiger partial charge in [0.25, 0.3) is 5.91 Å². The van der Waals surface area contributed by atoms with Gasteiger partial charge in [0.2, 0.25) is 0 Å². The first-order valence-electron chi connectivity index (χ1n) is 7.59. The van der Waals surface area contributed by atoms with Gasteiger partial charge < -0.3 is 5.32 Å². The summed E-state index contributed by atoms with van der Waals surface area (Å²) in [5.74, 6) is -0.0551. The van der Waals surface area contributed by atoms with Crippen LogP contribution in [0, 0.1) is 0 Å². The van der Waals surface area contributed by atoms with Gasteiger partial charge in [0.15, 0.2) is 0 Å². The van der Waals surface area contributed by atoms with Crippen molar-refractivity contribution in [2.24, 2.45) is 0 Å². The minimum Gasteiger partial charge on any atom is -0.360 e. The summed E-state index contributed by atoms with van der Waals surface area (Å²) >= 11 is 5.99. The first kappa shape index (κ1) is 14.7. The van der Waals surface area contributed by atoms with E-state index in [0.29, 0.717) is 10.6 Å². The predicted octanol–water partition coefficient (Wildman–Crippen LogP) is 4.51. The van der Waals surface area contributed by atoms with E-state index < -0.39 is 0 Å². The number of nitrogens with zero attached hydrogens (tertiary/aromatic N) is 2. The molecule has 2 heterocycles. The highest BCUT2D eigenvalue weighted by Gasteiger charge is 2.33. The molecule has 4 rings (SSSR count). The van der Waals surface area contributed by atoms with E-state index in [1.807, 2.05) is 48.5 Å². The van der Waals surface area contributed by atoms with E-state index in [0.717, 1.165) is 16.9 Å². The number of hydrogen-bond acceptors (Lipinski definition) is 3. The van der Waals surface area contributed by atoms with Crippen molar-refractivity contribution >= 4 is 28.9 Å². The Morgan fingerprint density at radius 1 is 1.00 bits per heavy atom. The molecule has 4 nitrogen and oxygen atoms in total. The van der Waals surface area contributed by atoms with Crippen LogP contribution >= 0.6 is 11.6 Å². The Balaban J connectivity index is 1.86. The second-order valence-corrected chi connectivity index (χ2v) is 5.97. The van der Waals surface area contributed by atoms with Gasteiger partial charge in [-0.25, -0.2) is 0 Å². The van der Waals surface area contributed by atoms with Gasteiger partial charge in [-0.1, -0.05) is 29.8 Å². The van der Waals surface area contributed by atoms with E-state index in [1.165, 1.54) is 0 Å². The lowest BCUT2D eigenvalue weighted by molar-refractivity contribution is 0.0975. The van der Waals surface area contributed by atoms with E-state index >= 15 is 0 Å². The number of amides is 1. The molecule has 1 aromatic heterocycles. The number of anilines is 2. The fourth-order valence-corrected chi connectivity index (χ4v) is 3.02. The molecule has 0 saturated carbocycles. The van der Waals surface area contributed by atoms with E-state index in [1.54, 1.807) is 29.4 Å². The minimum atomic E-state index is -0.331. The van der Waals surface area contributed by atoms with Gasteiger partial charge in [-0.15, -0.1) is 0 Å². The van der Waals surface area contributed by atoms with Crippen molar-refractivity contribution in [3.8, 4) is 0 Å². The zero-order chi connectivity index (χ0) is 16.5. The number of fused-ring (bicyclic) bond motifs is 1. The average molecular weight is 336 g/mol. The molecule has 1 aliphatic rings. The monoisotopic (exact) mass is 335 g/mol. The van der Waals surface area contributed by atoms with Crippen LogP contribution in [0.2, 0.25) is 5.02 Å². The Labute approximate surface area is 144 Å². The third-order valence-electron chi connectivity index (χ3n) is 4.03. The smallest absolute Gasteiger partial charge is 0.262 e. The molecule has 118 valence electrons. The average Bonchev–Trinajstić information content (AvgIpc) is 2.63. The fraction of sp³-hybridized carbons (Fsp3) is 0.0526. The second kappa shape index (κ2) is 5.98. The normalized spacial score (nSPS) is 16.5. The highest BCUT2D eigenvalue weighted by Crippen LogP contribution is 2.36. The molecule has 5 heteroatoms. The molecule has 0 bridgehead atoms. The maximum atomic E-state index is 13.1. The van der Waals surface area contributed by atoms with Crippen LogP contribution in [0.15, 0.2) is 73.1 Å². The fourth-order valence-electron chi connectivity index (χ4n) is 2.89. The minimum absolute atomic E-state index is 0.0551. The van der Waals surface area contributed by atoms with Gasteiger partial charge in [-0.05, 0) is 42.5 Å². The summed E-state index contributed by atoms with van der Waals surface area (Å²) in [6, 6.07) is 18.6. The quantitative estimate of drug-likeness (QED) is 0.749. The molecule has 0 aliphatic carbocycles. The summed E-state index contributed by atoms with van der Waals surface area (Å²) in [5, 5.41) is 4.07. The summed E-state index contributed by atoms with van der Waals surface area (Å²) in [5.41, 5.74) is 3.16. The third kappa shape index (κ3) is 2.51. The number of carbonyl (C=O) groups is 1. The lowest BCUT2D eigenvalue weighted by atomic mass is 10.0. The van der Waals surface area contributed by atoms with Crippen molar-refractivity contribution in [2.45, 2.75) is 6.17 Å². The van der Waals surface area contributed by atoms with Crippen molar-refractivity contribution in [1.82, 2.24) is 4.98 Å². The summed E-state index contributed by atoms with van der Waals surface area (Å²) in [4.78, 5) is 19.0. The highest BCUT2D eigenvalue weighted by molar-refractivity contribution is 6.30. The molecule has 0 saturated heterocycles. The molecule has 1 atom stereocenters. The van der Waals surface area contributed by atoms with E-state index in [2.05, 4.69) is 10.3 Å². The van der Waals surface area contributed by atoms with Gasteiger partial charge in [0.1, 0.15) is 6.17 Å². The molecule has 0 spiro atoms. The van der Waals surface area contributed by atoms with Gasteiger partial charge in [0, 0.05) is 34.4 Å². The Morgan fingerprint density at radius 2 is 1.79 bits per heavy atom. The number of aromatic nitrogens is 1. The molecule has 0 fully saturated rings. The number of pyridine rings is 1. The second-order valence-electron chi connectivity index (χ2n) is 5.53. The zero-order valence-corrected chi connectivity index (χ0v) is 13.4. The summed E-state index contributed by atoms with van der Waals surface area (Å²) in [6.45, 7) is 0. The molecule has 1 aliphatic heterocycles. The Kier molecular flexibility index (Phi) is 3.67. The molecule has 1 N–H and O–H groups in total. The molecular weight excluding hydrogens is 322 g/mol. The van der Waals surface area contributed by atoms with Crippen LogP contribution in [0.1, 0.15) is 22.1 Å². The number of para-hydroxylation sites is 1. The van der Waals surface area contributed by atoms with Gasteiger partial charge >= 0.3 is 0 Å². The van der Waals surface area contributed by atoms with Crippen LogP contribution in [-0.2, 0) is 0 Å². The van der Waals surface area contributed by atoms with E-state index in [4.69, 9.17) is 11.6 Å². The van der Waals surface area contributed by atoms with Crippen molar-refractivity contribution < 1.29 is 4.79 Å². The van der Waals surface area contributed by atoms with Crippen LogP contribution in [0.3, 0.4) is 0 Å². The number of benzene rings is 2. The maximum Gasteiger partial charge on any atom is 0.262 e. The lowest BCUT2D eigenvalue weighted by Crippen LogP contribution is -2.43. The van der Waals surface area contributed by atoms with Crippen molar-refractivity contribution in [3.63, 3.8) is 0 Å². The predicted molar refractivity (Wildman–Crippen MR) is 95.3 cm³/mol. The van der Waals surface area contributed by atoms with Crippen molar-refractivity contribution in [2.75, 3.05) is 10.2 Å². The molecule has 2 aromatic carbocycles. The Bertz CT molecular complexity index is 881. The molecule has 0 radical (unpaired) electrons. The highest BCUT2D eigenvalue weighted by atomic mass is 35.5. The largest absolute Gasteiger partial charge is 0.360 e. The summed E-state index contributed by atoms with van der Waals surface area (Å²) in [7, 11) is 0. The SMILES string of the molecule is O=C1c2ccccc2N[C@@H](c2cccnc2)N1c1ccc(Cl)cc1. The lowest BCUT2D eigenvalue weighted by Gasteiger charge is -2.38. The summed E-state index contributed by atoms with van der Waals surface area (Å²) in [6.07, 6.45) is 3.15. The first-order chi connectivity index (χ1) is 11.7. The van der Waals surface area contributed by atoms with Crippen LogP contribution in [-0.4, -0.2) is 10.9 Å². The van der Waals surface area contributed by atoms with Gasteiger partial charge in [0.05, 0.1) is 5.56 Å². The van der Waals surface area contributed by atoms with Gasteiger partial charge in [-0.3, -0.25) is 14.7 Å². The van der Waals surface area contributed by atoms with Crippen molar-refractivity contribution in [1.29, 1.82) is 0 Å². The number of halogens is 1. The van der Waals surface area contributed by atoms with Crippen LogP contribution in [0.4, 0.5) is 11.4 Å². The van der Waals surface area contributed by atoms with Crippen LogP contribution in [0.5, 0.6) is 0 Å². The van der Waals surface area contributed by atoms with Gasteiger partial charge in [-0.2, -0.15) is 0 Å². The van der Waals surface area contributed by atoms with E-state index in [-0.39, 0.29) is 12.1 Å². The number of hydrogen-bond donors (Lipinski definition) is 1. The zero-order valence-electron chi connectivity index (χ0n) is 12.7. The van der Waals surface area contributed by atoms with Crippen LogP contribution < -0.4 is 10.2 Å². The Morgan fingerprint density at radius 3 is 2.54 bits per heavy atom. The first-order valence-corrected chi connectivity index (χ1v) is 7.96. The number of carbonyl (C=O) groups excluding carboxylic acids is 1.